The van der Waals surface area contributed by atoms with Gasteiger partial charge in [-0.15, -0.1) is 0 Å². The van der Waals surface area contributed by atoms with Gasteiger partial charge in [0.25, 0.3) is 5.91 Å². The molecule has 20 heavy (non-hydrogen) atoms. The fourth-order valence-electron chi connectivity index (χ4n) is 1.89. The lowest BCUT2D eigenvalue weighted by molar-refractivity contribution is -0.110. The molecule has 0 aliphatic carbocycles. The lowest BCUT2D eigenvalue weighted by Gasteiger charge is -2.02. The van der Waals surface area contributed by atoms with Crippen LogP contribution in [-0.2, 0) is 4.79 Å². The van der Waals surface area contributed by atoms with Crippen LogP contribution < -0.4 is 10.6 Å². The minimum absolute atomic E-state index is 0.187. The number of fused-ring (bicyclic) bond motifs is 1. The Hall–Kier alpha value is -1.60. The van der Waals surface area contributed by atoms with E-state index in [-0.39, 0.29) is 5.91 Å². The van der Waals surface area contributed by atoms with E-state index in [1.54, 1.807) is 18.3 Å². The number of benzene rings is 1. The number of rotatable bonds is 2. The fourth-order valence-corrected chi connectivity index (χ4v) is 2.40. The summed E-state index contributed by atoms with van der Waals surface area (Å²) in [7, 11) is 0. The number of nitrogens with one attached hydrogen (secondary N) is 2. The second kappa shape index (κ2) is 5.41. The third kappa shape index (κ3) is 2.64. The molecule has 0 saturated heterocycles. The number of hydrogen-bond donors (Lipinski definition) is 2. The van der Waals surface area contributed by atoms with Crippen LogP contribution in [0.5, 0.6) is 0 Å². The maximum absolute atomic E-state index is 11.9. The number of carbonyl (C=O) groups excluding carboxylic acids is 1. The number of nitrogens with zero attached hydrogens (tertiary/aromatic N) is 1. The summed E-state index contributed by atoms with van der Waals surface area (Å²) in [5.41, 5.74) is 2.21. The Labute approximate surface area is 134 Å². The van der Waals surface area contributed by atoms with Gasteiger partial charge in [-0.1, -0.05) is 11.6 Å². The molecule has 2 heterocycles. The molecule has 2 N–H and O–H groups in total. The number of halogens is 2. The molecule has 3 rings (SSSR count). The van der Waals surface area contributed by atoms with Gasteiger partial charge in [0, 0.05) is 21.0 Å². The molecule has 2 aromatic rings. The van der Waals surface area contributed by atoms with Gasteiger partial charge < -0.3 is 10.6 Å². The van der Waals surface area contributed by atoms with Gasteiger partial charge in [0.15, 0.2) is 0 Å². The van der Waals surface area contributed by atoms with Crippen LogP contribution in [0.3, 0.4) is 0 Å². The van der Waals surface area contributed by atoms with Crippen molar-refractivity contribution in [3.8, 4) is 0 Å². The van der Waals surface area contributed by atoms with Crippen LogP contribution in [0.4, 0.5) is 11.5 Å². The molecule has 1 aromatic carbocycles. The minimum Gasteiger partial charge on any atom is -0.361 e. The van der Waals surface area contributed by atoms with Crippen molar-refractivity contribution < 1.29 is 4.79 Å². The van der Waals surface area contributed by atoms with Gasteiger partial charge >= 0.3 is 0 Å². The predicted molar refractivity (Wildman–Crippen MR) is 88.6 cm³/mol. The van der Waals surface area contributed by atoms with Gasteiger partial charge in [0.1, 0.15) is 11.0 Å². The fraction of sp³-hybridized carbons (Fsp3) is 0. The lowest BCUT2D eigenvalue weighted by atomic mass is 10.1. The van der Waals surface area contributed by atoms with Crippen molar-refractivity contribution in [3.63, 3.8) is 0 Å². The standard InChI is InChI=1S/C14H9ClIN3O/c15-12-6-5-10-11(14(20)19-13(10)18-12)7-17-9-3-1-8(16)2-4-9/h1-7,17H,(H,18,19,20)/b11-7-. The third-order valence-corrected chi connectivity index (χ3v) is 3.79. The molecular formula is C14H9ClIN3O. The Morgan fingerprint density at radius 2 is 1.95 bits per heavy atom. The van der Waals surface area contributed by atoms with Crippen LogP contribution in [0.2, 0.25) is 5.15 Å². The second-order valence-electron chi connectivity index (χ2n) is 4.19. The van der Waals surface area contributed by atoms with E-state index < -0.39 is 0 Å². The molecule has 1 aliphatic rings. The van der Waals surface area contributed by atoms with E-state index in [1.165, 1.54) is 0 Å². The Morgan fingerprint density at radius 1 is 1.20 bits per heavy atom. The van der Waals surface area contributed by atoms with E-state index in [4.69, 9.17) is 11.6 Å². The molecule has 0 unspecified atom stereocenters. The van der Waals surface area contributed by atoms with Crippen LogP contribution in [0, 0.1) is 3.57 Å². The zero-order valence-corrected chi connectivity index (χ0v) is 13.1. The van der Waals surface area contributed by atoms with Crippen molar-refractivity contribution >= 4 is 57.2 Å². The van der Waals surface area contributed by atoms with Gasteiger partial charge in [0.2, 0.25) is 0 Å². The van der Waals surface area contributed by atoms with Crippen molar-refractivity contribution in [2.45, 2.75) is 0 Å². The van der Waals surface area contributed by atoms with Gasteiger partial charge in [-0.3, -0.25) is 4.79 Å². The number of anilines is 2. The first-order valence-electron chi connectivity index (χ1n) is 5.84. The summed E-state index contributed by atoms with van der Waals surface area (Å²) < 4.78 is 1.16. The monoisotopic (exact) mass is 397 g/mol. The quantitative estimate of drug-likeness (QED) is 0.461. The molecule has 0 atom stereocenters. The average molecular weight is 398 g/mol. The Kier molecular flexibility index (Phi) is 3.62. The summed E-state index contributed by atoms with van der Waals surface area (Å²) >= 11 is 8.05. The van der Waals surface area contributed by atoms with E-state index in [0.717, 1.165) is 14.8 Å². The van der Waals surface area contributed by atoms with Crippen molar-refractivity contribution in [2.75, 3.05) is 10.6 Å². The number of amides is 1. The largest absolute Gasteiger partial charge is 0.361 e. The molecule has 0 fully saturated rings. The van der Waals surface area contributed by atoms with E-state index in [0.29, 0.717) is 16.5 Å². The SMILES string of the molecule is O=C1Nc2nc(Cl)ccc2/C1=C/Nc1ccc(I)cc1. The van der Waals surface area contributed by atoms with Gasteiger partial charge in [-0.2, -0.15) is 0 Å². The molecule has 1 aromatic heterocycles. The summed E-state index contributed by atoms with van der Waals surface area (Å²) in [5, 5.41) is 6.16. The van der Waals surface area contributed by atoms with Crippen molar-refractivity contribution in [3.05, 3.63) is 56.9 Å². The normalized spacial score (nSPS) is 15.1. The number of carbonyl (C=O) groups is 1. The first-order chi connectivity index (χ1) is 9.63. The topological polar surface area (TPSA) is 54.0 Å². The first-order valence-corrected chi connectivity index (χ1v) is 7.30. The summed E-state index contributed by atoms with van der Waals surface area (Å²) in [4.78, 5) is 16.0. The zero-order chi connectivity index (χ0) is 14.1. The van der Waals surface area contributed by atoms with Gasteiger partial charge in [-0.05, 0) is 59.0 Å². The molecule has 0 radical (unpaired) electrons. The van der Waals surface area contributed by atoms with E-state index in [1.807, 2.05) is 24.3 Å². The highest BCUT2D eigenvalue weighted by molar-refractivity contribution is 14.1. The lowest BCUT2D eigenvalue weighted by Crippen LogP contribution is -2.05. The van der Waals surface area contributed by atoms with Crippen molar-refractivity contribution in [1.29, 1.82) is 0 Å². The summed E-state index contributed by atoms with van der Waals surface area (Å²) in [5.74, 6) is 0.311. The highest BCUT2D eigenvalue weighted by Crippen LogP contribution is 2.31. The number of hydrogen-bond acceptors (Lipinski definition) is 3. The summed E-state index contributed by atoms with van der Waals surface area (Å²) in [6.07, 6.45) is 1.68. The van der Waals surface area contributed by atoms with Crippen LogP contribution in [-0.4, -0.2) is 10.9 Å². The zero-order valence-electron chi connectivity index (χ0n) is 10.2. The molecule has 6 heteroatoms. The molecule has 1 aliphatic heterocycles. The molecule has 100 valence electrons. The van der Waals surface area contributed by atoms with Crippen LogP contribution in [0.25, 0.3) is 5.57 Å². The van der Waals surface area contributed by atoms with Crippen molar-refractivity contribution in [2.24, 2.45) is 0 Å². The maximum atomic E-state index is 11.9. The smallest absolute Gasteiger partial charge is 0.259 e. The Bertz CT molecular complexity index is 713. The number of pyridine rings is 1. The number of aromatic nitrogens is 1. The highest BCUT2D eigenvalue weighted by Gasteiger charge is 2.25. The molecule has 1 amide bonds. The maximum Gasteiger partial charge on any atom is 0.259 e. The van der Waals surface area contributed by atoms with Crippen LogP contribution in [0.15, 0.2) is 42.6 Å². The van der Waals surface area contributed by atoms with E-state index in [2.05, 4.69) is 38.2 Å². The first kappa shape index (κ1) is 13.4. The third-order valence-electron chi connectivity index (χ3n) is 2.86. The molecule has 0 spiro atoms. The average Bonchev–Trinajstić information content (AvgIpc) is 2.73. The summed E-state index contributed by atoms with van der Waals surface area (Å²) in [6.45, 7) is 0. The van der Waals surface area contributed by atoms with Gasteiger partial charge in [-0.25, -0.2) is 4.98 Å². The van der Waals surface area contributed by atoms with E-state index in [9.17, 15) is 4.79 Å². The molecule has 4 nitrogen and oxygen atoms in total. The predicted octanol–water partition coefficient (Wildman–Crippen LogP) is 3.74. The van der Waals surface area contributed by atoms with Crippen LogP contribution in [0.1, 0.15) is 5.56 Å². The summed E-state index contributed by atoms with van der Waals surface area (Å²) in [6, 6.07) is 11.3. The Morgan fingerprint density at radius 3 is 2.70 bits per heavy atom. The highest BCUT2D eigenvalue weighted by atomic mass is 127. The van der Waals surface area contributed by atoms with Crippen molar-refractivity contribution in [1.82, 2.24) is 4.98 Å². The van der Waals surface area contributed by atoms with Crippen LogP contribution >= 0.6 is 34.2 Å². The Balaban J connectivity index is 1.89. The minimum atomic E-state index is -0.187. The van der Waals surface area contributed by atoms with Gasteiger partial charge in [0.05, 0.1) is 5.57 Å². The second-order valence-corrected chi connectivity index (χ2v) is 5.83. The molecule has 0 bridgehead atoms. The molecular weight excluding hydrogens is 389 g/mol. The molecule has 0 saturated carbocycles. The van der Waals surface area contributed by atoms with E-state index >= 15 is 0 Å².